The number of pyridine rings is 1. The zero-order chi connectivity index (χ0) is 22.9. The van der Waals surface area contributed by atoms with Crippen molar-refractivity contribution in [2.45, 2.75) is 57.9 Å². The van der Waals surface area contributed by atoms with E-state index in [0.29, 0.717) is 31.4 Å². The third-order valence-electron chi connectivity index (χ3n) is 6.49. The summed E-state index contributed by atoms with van der Waals surface area (Å²) in [5.74, 6) is 0.325. The number of carbonyl (C=O) groups excluding carboxylic acids is 1. The molecule has 0 bridgehead atoms. The van der Waals surface area contributed by atoms with Crippen LogP contribution in [0, 0.1) is 5.92 Å². The Labute approximate surface area is 192 Å². The molecule has 0 radical (unpaired) electrons. The summed E-state index contributed by atoms with van der Waals surface area (Å²) in [7, 11) is 1.74. The minimum Gasteiger partial charge on any atom is -0.385 e. The van der Waals surface area contributed by atoms with Gasteiger partial charge in [0.15, 0.2) is 0 Å². The second-order valence-electron chi connectivity index (χ2n) is 9.07. The van der Waals surface area contributed by atoms with Crippen LogP contribution in [0.1, 0.15) is 51.0 Å². The lowest BCUT2D eigenvalue weighted by Gasteiger charge is -2.40. The van der Waals surface area contributed by atoms with Gasteiger partial charge in [0.2, 0.25) is 5.91 Å². The summed E-state index contributed by atoms with van der Waals surface area (Å²) in [6, 6.07) is 4.10. The Morgan fingerprint density at radius 1 is 1.34 bits per heavy atom. The quantitative estimate of drug-likeness (QED) is 0.513. The number of allylic oxidation sites excluding steroid dienone is 5. The van der Waals surface area contributed by atoms with Crippen molar-refractivity contribution < 1.29 is 9.53 Å². The minimum atomic E-state index is -0.290. The number of rotatable bonds is 11. The maximum absolute atomic E-state index is 13.7. The number of methoxy groups -OCH3 is 1. The highest BCUT2D eigenvalue weighted by Gasteiger charge is 2.33. The first-order valence-corrected chi connectivity index (χ1v) is 11.8. The van der Waals surface area contributed by atoms with Crippen LogP contribution >= 0.6 is 0 Å². The molecule has 6 nitrogen and oxygen atoms in total. The molecule has 1 aromatic rings. The molecular weight excluding hydrogens is 400 g/mol. The van der Waals surface area contributed by atoms with Gasteiger partial charge in [-0.3, -0.25) is 4.79 Å². The molecule has 0 spiro atoms. The number of aromatic nitrogens is 1. The van der Waals surface area contributed by atoms with Crippen molar-refractivity contribution in [3.8, 4) is 0 Å². The van der Waals surface area contributed by atoms with Crippen molar-refractivity contribution in [2.75, 3.05) is 32.5 Å². The van der Waals surface area contributed by atoms with Crippen molar-refractivity contribution in [3.05, 3.63) is 58.8 Å². The average molecular weight is 439 g/mol. The molecule has 1 fully saturated rings. The lowest BCUT2D eigenvalue weighted by Crippen LogP contribution is -2.49. The van der Waals surface area contributed by atoms with Crippen LogP contribution in [-0.2, 0) is 16.0 Å². The molecule has 1 atom stereocenters. The largest absolute Gasteiger partial charge is 0.385 e. The van der Waals surface area contributed by atoms with Crippen LogP contribution in [0.15, 0.2) is 53.3 Å². The van der Waals surface area contributed by atoms with E-state index in [4.69, 9.17) is 16.2 Å². The number of nitrogen functional groups attached to an aromatic ring is 1. The van der Waals surface area contributed by atoms with Gasteiger partial charge in [0.1, 0.15) is 5.82 Å². The van der Waals surface area contributed by atoms with Crippen molar-refractivity contribution in [1.82, 2.24) is 9.88 Å². The summed E-state index contributed by atoms with van der Waals surface area (Å²) < 4.78 is 5.22. The third kappa shape index (κ3) is 6.53. The van der Waals surface area contributed by atoms with Crippen molar-refractivity contribution >= 4 is 11.7 Å². The third-order valence-corrected chi connectivity index (χ3v) is 6.49. The fraction of sp³-hybridized carbons (Fsp3) is 0.538. The fourth-order valence-electron chi connectivity index (χ4n) is 4.40. The van der Waals surface area contributed by atoms with Crippen molar-refractivity contribution in [3.63, 3.8) is 0 Å². The molecule has 4 N–H and O–H groups in total. The van der Waals surface area contributed by atoms with E-state index in [0.717, 1.165) is 44.3 Å². The Hall–Kier alpha value is -2.44. The zero-order valence-electron chi connectivity index (χ0n) is 19.6. The maximum atomic E-state index is 13.7. The van der Waals surface area contributed by atoms with Gasteiger partial charge in [-0.05, 0) is 74.6 Å². The Kier molecular flexibility index (Phi) is 9.06. The zero-order valence-corrected chi connectivity index (χ0v) is 19.6. The first kappa shape index (κ1) is 24.2. The molecule has 1 aromatic heterocycles. The molecule has 3 rings (SSSR count). The van der Waals surface area contributed by atoms with E-state index in [1.165, 1.54) is 23.1 Å². The van der Waals surface area contributed by atoms with Gasteiger partial charge in [0.25, 0.3) is 0 Å². The summed E-state index contributed by atoms with van der Waals surface area (Å²) in [6.07, 6.45) is 15.1. The van der Waals surface area contributed by atoms with Crippen LogP contribution in [0.4, 0.5) is 5.82 Å². The molecule has 0 aliphatic heterocycles. The Balaban J connectivity index is 1.76. The second kappa shape index (κ2) is 12.0. The number of hydrogen-bond acceptors (Lipinski definition) is 5. The smallest absolute Gasteiger partial charge is 0.227 e. The number of amides is 1. The first-order chi connectivity index (χ1) is 15.5. The molecule has 2 aliphatic carbocycles. The summed E-state index contributed by atoms with van der Waals surface area (Å²) in [5, 5.41) is 0. The molecule has 1 unspecified atom stereocenters. The molecule has 1 saturated carbocycles. The normalized spacial score (nSPS) is 17.5. The standard InChI is InChI=1S/C26H38N4O2/c1-19-10-11-20(6-5-13-32-2)15-21(14-19)18-30(24-8-3-9-24)26(31)23(17-27)16-22-7-4-12-29-25(22)28/h4,7,10-12,15,23-24H,3,5-6,8-9,13-14,16-18,27H2,1-2H3,(H2,28,29). The van der Waals surface area contributed by atoms with E-state index in [-0.39, 0.29) is 11.8 Å². The summed E-state index contributed by atoms with van der Waals surface area (Å²) >= 11 is 0. The number of anilines is 1. The number of carbonyl (C=O) groups is 1. The van der Waals surface area contributed by atoms with Gasteiger partial charge >= 0.3 is 0 Å². The molecule has 1 heterocycles. The number of nitrogens with two attached hydrogens (primary N) is 2. The van der Waals surface area contributed by atoms with E-state index in [2.05, 4.69) is 35.0 Å². The van der Waals surface area contributed by atoms with Crippen molar-refractivity contribution in [1.29, 1.82) is 0 Å². The molecule has 0 saturated heterocycles. The topological polar surface area (TPSA) is 94.5 Å². The van der Waals surface area contributed by atoms with Crippen LogP contribution in [0.25, 0.3) is 0 Å². The highest BCUT2D eigenvalue weighted by atomic mass is 16.5. The molecule has 6 heteroatoms. The van der Waals surface area contributed by atoms with E-state index in [1.807, 2.05) is 12.1 Å². The lowest BCUT2D eigenvalue weighted by atomic mass is 9.88. The van der Waals surface area contributed by atoms with Gasteiger partial charge in [-0.25, -0.2) is 4.98 Å². The maximum Gasteiger partial charge on any atom is 0.227 e. The number of hydrogen-bond donors (Lipinski definition) is 2. The van der Waals surface area contributed by atoms with Gasteiger partial charge in [0.05, 0.1) is 5.92 Å². The van der Waals surface area contributed by atoms with Crippen LogP contribution < -0.4 is 11.5 Å². The van der Waals surface area contributed by atoms with Crippen LogP contribution in [0.2, 0.25) is 0 Å². The highest BCUT2D eigenvalue weighted by Crippen LogP contribution is 2.30. The van der Waals surface area contributed by atoms with Gasteiger partial charge in [-0.15, -0.1) is 0 Å². The van der Waals surface area contributed by atoms with Crippen molar-refractivity contribution in [2.24, 2.45) is 11.7 Å². The van der Waals surface area contributed by atoms with Crippen LogP contribution in [0.3, 0.4) is 0 Å². The predicted molar refractivity (Wildman–Crippen MR) is 130 cm³/mol. The molecule has 32 heavy (non-hydrogen) atoms. The highest BCUT2D eigenvalue weighted by molar-refractivity contribution is 5.80. The minimum absolute atomic E-state index is 0.136. The lowest BCUT2D eigenvalue weighted by molar-refractivity contribution is -0.138. The van der Waals surface area contributed by atoms with Crippen LogP contribution in [0.5, 0.6) is 0 Å². The van der Waals surface area contributed by atoms with E-state index in [1.54, 1.807) is 13.3 Å². The molecule has 1 amide bonds. The fourth-order valence-corrected chi connectivity index (χ4v) is 4.40. The monoisotopic (exact) mass is 438 g/mol. The Morgan fingerprint density at radius 3 is 2.81 bits per heavy atom. The van der Waals surface area contributed by atoms with Gasteiger partial charge in [-0.2, -0.15) is 0 Å². The summed E-state index contributed by atoms with van der Waals surface area (Å²) in [6.45, 7) is 3.88. The SMILES string of the molecule is COCCCC1=CC=C(C)CC(CN(C(=O)C(CN)Cc2cccnc2N)C2CCC2)=C1. The van der Waals surface area contributed by atoms with Gasteiger partial charge in [0, 0.05) is 39.0 Å². The average Bonchev–Trinajstić information content (AvgIpc) is 2.92. The van der Waals surface area contributed by atoms with Gasteiger partial charge < -0.3 is 21.1 Å². The molecule has 0 aromatic carbocycles. The first-order valence-electron chi connectivity index (χ1n) is 11.8. The Morgan fingerprint density at radius 2 is 2.16 bits per heavy atom. The molecule has 2 aliphatic rings. The molecule has 174 valence electrons. The molecular formula is C26H38N4O2. The summed E-state index contributed by atoms with van der Waals surface area (Å²) in [5.41, 5.74) is 16.9. The number of ether oxygens (including phenoxy) is 1. The van der Waals surface area contributed by atoms with E-state index in [9.17, 15) is 4.79 Å². The second-order valence-corrected chi connectivity index (χ2v) is 9.07. The van der Waals surface area contributed by atoms with Crippen LogP contribution in [-0.4, -0.2) is 48.6 Å². The Bertz CT molecular complexity index is 870. The predicted octanol–water partition coefficient (Wildman–Crippen LogP) is 3.79. The number of nitrogens with zero attached hydrogens (tertiary/aromatic N) is 2. The van der Waals surface area contributed by atoms with E-state index < -0.39 is 0 Å². The summed E-state index contributed by atoms with van der Waals surface area (Å²) in [4.78, 5) is 19.9. The van der Waals surface area contributed by atoms with E-state index >= 15 is 0 Å². The van der Waals surface area contributed by atoms with Gasteiger partial charge in [-0.1, -0.05) is 29.9 Å².